The molecule has 2 aromatic heterocycles. The molecule has 0 radical (unpaired) electrons. The standard InChI is InChI=1S/C11H11ClN4OS/c1-5-6(2)17-11(16-5)18-10-8(12)7(9(13)14)3-4-15-10/h3-4H,1-2H3,(H3,13,14). The zero-order valence-electron chi connectivity index (χ0n) is 9.82. The van der Waals surface area contributed by atoms with E-state index >= 15 is 0 Å². The molecule has 0 aromatic carbocycles. The lowest BCUT2D eigenvalue weighted by atomic mass is 10.2. The van der Waals surface area contributed by atoms with E-state index in [9.17, 15) is 0 Å². The third kappa shape index (κ3) is 2.49. The smallest absolute Gasteiger partial charge is 0.262 e. The van der Waals surface area contributed by atoms with Crippen molar-refractivity contribution in [3.63, 3.8) is 0 Å². The average molecular weight is 283 g/mol. The van der Waals surface area contributed by atoms with E-state index in [1.54, 1.807) is 12.3 Å². The fourth-order valence-corrected chi connectivity index (χ4v) is 2.43. The molecule has 0 saturated carbocycles. The SMILES string of the molecule is Cc1nc(Sc2nccc(C(=N)N)c2Cl)oc1C. The van der Waals surface area contributed by atoms with Gasteiger partial charge in [0.1, 0.15) is 16.6 Å². The van der Waals surface area contributed by atoms with Crippen LogP contribution in [0.5, 0.6) is 0 Å². The summed E-state index contributed by atoms with van der Waals surface area (Å²) in [6.07, 6.45) is 1.55. The van der Waals surface area contributed by atoms with Gasteiger partial charge >= 0.3 is 0 Å². The number of nitrogens with zero attached hydrogens (tertiary/aromatic N) is 2. The van der Waals surface area contributed by atoms with Gasteiger partial charge in [-0.1, -0.05) is 11.6 Å². The first kappa shape index (κ1) is 12.9. The Kier molecular flexibility index (Phi) is 3.58. The van der Waals surface area contributed by atoms with Crippen LogP contribution in [-0.4, -0.2) is 15.8 Å². The molecule has 2 heterocycles. The molecule has 2 aromatic rings. The molecule has 0 unspecified atom stereocenters. The van der Waals surface area contributed by atoms with Crippen LogP contribution in [0.15, 0.2) is 26.9 Å². The molecule has 0 amide bonds. The number of pyridine rings is 1. The van der Waals surface area contributed by atoms with Gasteiger partial charge in [0, 0.05) is 11.8 Å². The largest absolute Gasteiger partial charge is 0.436 e. The minimum Gasteiger partial charge on any atom is -0.436 e. The predicted octanol–water partition coefficient (Wildman–Crippen LogP) is 2.78. The summed E-state index contributed by atoms with van der Waals surface area (Å²) in [5.41, 5.74) is 6.71. The maximum atomic E-state index is 7.41. The van der Waals surface area contributed by atoms with Crippen molar-refractivity contribution in [1.82, 2.24) is 9.97 Å². The van der Waals surface area contributed by atoms with Crippen molar-refractivity contribution in [3.05, 3.63) is 34.3 Å². The van der Waals surface area contributed by atoms with Crippen LogP contribution in [0.1, 0.15) is 17.0 Å². The Morgan fingerprint density at radius 3 is 2.78 bits per heavy atom. The topological polar surface area (TPSA) is 88.8 Å². The number of amidine groups is 1. The Bertz CT molecular complexity index is 592. The second-order valence-corrected chi connectivity index (χ2v) is 4.93. The monoisotopic (exact) mass is 282 g/mol. The summed E-state index contributed by atoms with van der Waals surface area (Å²) in [6, 6.07) is 1.60. The Hall–Kier alpha value is -1.53. The van der Waals surface area contributed by atoms with Crippen LogP contribution in [0, 0.1) is 19.3 Å². The Morgan fingerprint density at radius 2 is 2.22 bits per heavy atom. The van der Waals surface area contributed by atoms with E-state index in [1.165, 1.54) is 11.8 Å². The van der Waals surface area contributed by atoms with Crippen molar-refractivity contribution in [1.29, 1.82) is 5.41 Å². The van der Waals surface area contributed by atoms with E-state index in [1.807, 2.05) is 13.8 Å². The summed E-state index contributed by atoms with van der Waals surface area (Å²) in [6.45, 7) is 3.71. The molecule has 3 N–H and O–H groups in total. The molecule has 0 aliphatic heterocycles. The van der Waals surface area contributed by atoms with Gasteiger partial charge in [0.2, 0.25) is 0 Å². The second-order valence-electron chi connectivity index (χ2n) is 3.61. The van der Waals surface area contributed by atoms with Crippen LogP contribution in [0.4, 0.5) is 0 Å². The second kappa shape index (κ2) is 4.99. The minimum atomic E-state index is -0.0935. The van der Waals surface area contributed by atoms with Crippen molar-refractivity contribution in [2.24, 2.45) is 5.73 Å². The molecule has 0 aliphatic carbocycles. The zero-order valence-corrected chi connectivity index (χ0v) is 11.4. The molecular weight excluding hydrogens is 272 g/mol. The number of aromatic nitrogens is 2. The molecule has 0 aliphatic rings. The summed E-state index contributed by atoms with van der Waals surface area (Å²) in [5.74, 6) is 0.667. The van der Waals surface area contributed by atoms with Gasteiger partial charge in [-0.25, -0.2) is 9.97 Å². The number of halogens is 1. The lowest BCUT2D eigenvalue weighted by molar-refractivity contribution is 0.431. The van der Waals surface area contributed by atoms with Crippen LogP contribution in [-0.2, 0) is 0 Å². The van der Waals surface area contributed by atoms with Crippen molar-refractivity contribution in [2.45, 2.75) is 24.1 Å². The molecule has 0 spiro atoms. The van der Waals surface area contributed by atoms with E-state index in [4.69, 9.17) is 27.2 Å². The summed E-state index contributed by atoms with van der Waals surface area (Å²) >= 11 is 7.33. The van der Waals surface area contributed by atoms with Crippen molar-refractivity contribution < 1.29 is 4.42 Å². The first-order valence-corrected chi connectivity index (χ1v) is 6.29. The molecule has 0 atom stereocenters. The average Bonchev–Trinajstić information content (AvgIpc) is 2.60. The zero-order chi connectivity index (χ0) is 13.3. The highest BCUT2D eigenvalue weighted by Gasteiger charge is 2.14. The third-order valence-corrected chi connectivity index (χ3v) is 3.69. The fourth-order valence-electron chi connectivity index (χ4n) is 1.27. The minimum absolute atomic E-state index is 0.0935. The number of oxazole rings is 1. The molecule has 0 bridgehead atoms. The summed E-state index contributed by atoms with van der Waals surface area (Å²) < 4.78 is 5.44. The van der Waals surface area contributed by atoms with Gasteiger partial charge in [-0.05, 0) is 31.7 Å². The Balaban J connectivity index is 2.35. The van der Waals surface area contributed by atoms with Crippen molar-refractivity contribution in [2.75, 3.05) is 0 Å². The Labute approximate surface area is 113 Å². The quantitative estimate of drug-likeness (QED) is 0.667. The first-order valence-electron chi connectivity index (χ1n) is 5.10. The number of nitrogen functional groups attached to an aromatic ring is 1. The highest BCUT2D eigenvalue weighted by atomic mass is 35.5. The van der Waals surface area contributed by atoms with Crippen LogP contribution in [0.2, 0.25) is 5.02 Å². The highest BCUT2D eigenvalue weighted by molar-refractivity contribution is 7.99. The summed E-state index contributed by atoms with van der Waals surface area (Å²) in [5, 5.41) is 8.74. The highest BCUT2D eigenvalue weighted by Crippen LogP contribution is 2.33. The number of rotatable bonds is 3. The number of nitrogens with two attached hydrogens (primary N) is 1. The van der Waals surface area contributed by atoms with Crippen LogP contribution >= 0.6 is 23.4 Å². The Morgan fingerprint density at radius 1 is 1.50 bits per heavy atom. The van der Waals surface area contributed by atoms with Crippen LogP contribution < -0.4 is 5.73 Å². The van der Waals surface area contributed by atoms with Crippen LogP contribution in [0.3, 0.4) is 0 Å². The maximum absolute atomic E-state index is 7.41. The molecule has 0 saturated heterocycles. The molecule has 5 nitrogen and oxygen atoms in total. The van der Waals surface area contributed by atoms with Gasteiger partial charge in [-0.15, -0.1) is 0 Å². The predicted molar refractivity (Wildman–Crippen MR) is 70.4 cm³/mol. The van der Waals surface area contributed by atoms with Gasteiger partial charge in [-0.2, -0.15) is 0 Å². The maximum Gasteiger partial charge on any atom is 0.262 e. The molecule has 18 heavy (non-hydrogen) atoms. The number of hydrogen-bond donors (Lipinski definition) is 2. The molecular formula is C11H11ClN4OS. The normalized spacial score (nSPS) is 10.6. The van der Waals surface area contributed by atoms with Gasteiger partial charge in [0.15, 0.2) is 0 Å². The number of aryl methyl sites for hydroxylation is 2. The number of hydrogen-bond acceptors (Lipinski definition) is 5. The van der Waals surface area contributed by atoms with Gasteiger partial charge in [0.05, 0.1) is 10.7 Å². The molecule has 94 valence electrons. The van der Waals surface area contributed by atoms with E-state index in [-0.39, 0.29) is 5.84 Å². The lowest BCUT2D eigenvalue weighted by Gasteiger charge is -2.04. The van der Waals surface area contributed by atoms with Gasteiger partial charge in [-0.3, -0.25) is 5.41 Å². The van der Waals surface area contributed by atoms with Gasteiger partial charge in [0.25, 0.3) is 5.22 Å². The van der Waals surface area contributed by atoms with Crippen LogP contribution in [0.25, 0.3) is 0 Å². The fraction of sp³-hybridized carbons (Fsp3) is 0.182. The van der Waals surface area contributed by atoms with Crippen molar-refractivity contribution >= 4 is 29.2 Å². The van der Waals surface area contributed by atoms with E-state index in [2.05, 4.69) is 9.97 Å². The van der Waals surface area contributed by atoms with E-state index in [0.29, 0.717) is 20.8 Å². The van der Waals surface area contributed by atoms with E-state index in [0.717, 1.165) is 11.5 Å². The summed E-state index contributed by atoms with van der Waals surface area (Å²) in [7, 11) is 0. The van der Waals surface area contributed by atoms with Gasteiger partial charge < -0.3 is 10.2 Å². The molecule has 7 heteroatoms. The first-order chi connectivity index (χ1) is 8.49. The van der Waals surface area contributed by atoms with E-state index < -0.39 is 0 Å². The molecule has 2 rings (SSSR count). The lowest BCUT2D eigenvalue weighted by Crippen LogP contribution is -2.12. The van der Waals surface area contributed by atoms with Crippen molar-refractivity contribution in [3.8, 4) is 0 Å². The third-order valence-electron chi connectivity index (χ3n) is 2.34. The molecule has 0 fully saturated rings. The summed E-state index contributed by atoms with van der Waals surface area (Å²) in [4.78, 5) is 8.37. The number of nitrogens with one attached hydrogen (secondary N) is 1.